The predicted octanol–water partition coefficient (Wildman–Crippen LogP) is 4.45. The quantitative estimate of drug-likeness (QED) is 0.126. The molecule has 1 aliphatic heterocycles. The molecule has 13 heteroatoms. The Labute approximate surface area is 274 Å². The van der Waals surface area contributed by atoms with Crippen LogP contribution < -0.4 is 14.4 Å². The summed E-state index contributed by atoms with van der Waals surface area (Å²) in [6, 6.07) is 20.2. The number of pyridine rings is 1. The number of hydrogen-bond acceptors (Lipinski definition) is 9. The topological polar surface area (TPSA) is 117 Å². The van der Waals surface area contributed by atoms with Gasteiger partial charge in [-0.3, -0.25) is 14.0 Å². The first-order chi connectivity index (χ1) is 21.8. The molecule has 0 saturated carbocycles. The number of amides is 1. The Morgan fingerprint density at radius 2 is 1.93 bits per heavy atom. The summed E-state index contributed by atoms with van der Waals surface area (Å²) in [7, 11) is -2.51. The Hall–Kier alpha value is -3.23. The maximum absolute atomic E-state index is 13.5. The summed E-state index contributed by atoms with van der Waals surface area (Å²) >= 11 is 6.07. The smallest absolute Gasteiger partial charge is 0.281 e. The molecule has 1 aliphatic rings. The highest BCUT2D eigenvalue weighted by atomic mass is 32.2. The van der Waals surface area contributed by atoms with E-state index in [-0.39, 0.29) is 16.2 Å². The van der Waals surface area contributed by atoms with Crippen LogP contribution in [0.1, 0.15) is 22.5 Å². The summed E-state index contributed by atoms with van der Waals surface area (Å²) in [4.78, 5) is 23.1. The zero-order valence-corrected chi connectivity index (χ0v) is 27.8. The molecule has 240 valence electrons. The number of benzene rings is 2. The number of hydrogen-bond donors (Lipinski definition) is 3. The van der Waals surface area contributed by atoms with E-state index in [4.69, 9.17) is 9.47 Å². The summed E-state index contributed by atoms with van der Waals surface area (Å²) in [6.07, 6.45) is 2.17. The Morgan fingerprint density at radius 1 is 1.16 bits per heavy atom. The van der Waals surface area contributed by atoms with Crippen LogP contribution in [0.3, 0.4) is 0 Å². The van der Waals surface area contributed by atoms with Crippen LogP contribution in [0.15, 0.2) is 78.0 Å². The standard InChI is InChI=1S/C32H39N5O5S3/c1-36(45(39,40)30-10-5-6-11-33-30)29-20-26(42-14-7-17-43)18-25-19-28(35-31(25)29)32(38)34-21-27(22-37-12-15-41-16-13-37)44-23-24-8-3-2-4-9-24/h2-6,8-11,18-20,27,35,43H,7,12-17,21-23H2,1H3,(H,34,38). The summed E-state index contributed by atoms with van der Waals surface area (Å²) in [5.41, 5.74) is 2.43. The van der Waals surface area contributed by atoms with Gasteiger partial charge in [-0.1, -0.05) is 36.4 Å². The molecule has 2 aromatic carbocycles. The first kappa shape index (κ1) is 33.1. The zero-order chi connectivity index (χ0) is 31.6. The molecular weight excluding hydrogens is 631 g/mol. The van der Waals surface area contributed by atoms with Gasteiger partial charge in [-0.15, -0.1) is 0 Å². The van der Waals surface area contributed by atoms with Crippen molar-refractivity contribution in [2.24, 2.45) is 0 Å². The first-order valence-corrected chi connectivity index (χ1v) is 18.0. The SMILES string of the molecule is CN(c1cc(OCCCS)cc2cc(C(=O)NCC(CN3CCOCC3)SCc3ccccc3)[nH]c12)S(=O)(=O)c1ccccn1. The van der Waals surface area contributed by atoms with E-state index in [9.17, 15) is 13.2 Å². The highest BCUT2D eigenvalue weighted by molar-refractivity contribution is 7.99. The van der Waals surface area contributed by atoms with Gasteiger partial charge in [-0.2, -0.15) is 32.8 Å². The molecule has 4 aromatic rings. The fourth-order valence-corrected chi connectivity index (χ4v) is 7.41. The number of aromatic amines is 1. The summed E-state index contributed by atoms with van der Waals surface area (Å²) in [6.45, 7) is 4.90. The molecule has 10 nitrogen and oxygen atoms in total. The van der Waals surface area contributed by atoms with Gasteiger partial charge >= 0.3 is 0 Å². The lowest BCUT2D eigenvalue weighted by Gasteiger charge is -2.30. The molecule has 0 bridgehead atoms. The summed E-state index contributed by atoms with van der Waals surface area (Å²) in [5, 5.41) is 3.86. The summed E-state index contributed by atoms with van der Waals surface area (Å²) in [5.74, 6) is 1.73. The van der Waals surface area contributed by atoms with E-state index in [2.05, 4.69) is 44.9 Å². The Bertz CT molecular complexity index is 1650. The Kier molecular flexibility index (Phi) is 11.7. The van der Waals surface area contributed by atoms with Crippen LogP contribution in [0.5, 0.6) is 5.75 Å². The van der Waals surface area contributed by atoms with E-state index in [1.54, 1.807) is 24.3 Å². The van der Waals surface area contributed by atoms with Crippen molar-refractivity contribution in [3.63, 3.8) is 0 Å². The number of ether oxygens (including phenoxy) is 2. The van der Waals surface area contributed by atoms with Gasteiger partial charge in [0.2, 0.25) is 0 Å². The van der Waals surface area contributed by atoms with Crippen LogP contribution in [-0.2, 0) is 20.5 Å². The van der Waals surface area contributed by atoms with Gasteiger partial charge in [0.05, 0.1) is 31.0 Å². The normalized spacial score (nSPS) is 14.7. The minimum atomic E-state index is -3.98. The molecule has 3 heterocycles. The van der Waals surface area contributed by atoms with E-state index in [0.29, 0.717) is 60.2 Å². The van der Waals surface area contributed by atoms with Crippen molar-refractivity contribution >= 4 is 56.9 Å². The van der Waals surface area contributed by atoms with Crippen molar-refractivity contribution in [2.75, 3.05) is 63.1 Å². The van der Waals surface area contributed by atoms with Crippen LogP contribution in [0.2, 0.25) is 0 Å². The molecular formula is C32H39N5O5S3. The molecule has 2 aromatic heterocycles. The number of thioether (sulfide) groups is 1. The maximum Gasteiger partial charge on any atom is 0.281 e. The number of carbonyl (C=O) groups excluding carboxylic acids is 1. The lowest BCUT2D eigenvalue weighted by molar-refractivity contribution is 0.0381. The second kappa shape index (κ2) is 15.9. The lowest BCUT2D eigenvalue weighted by atomic mass is 10.2. The van der Waals surface area contributed by atoms with Crippen LogP contribution in [0, 0.1) is 0 Å². The molecule has 0 spiro atoms. The third kappa shape index (κ3) is 8.73. The van der Waals surface area contributed by atoms with Gasteiger partial charge in [0, 0.05) is 61.9 Å². The number of nitrogens with one attached hydrogen (secondary N) is 2. The van der Waals surface area contributed by atoms with Crippen molar-refractivity contribution in [3.05, 3.63) is 84.2 Å². The number of fused-ring (bicyclic) bond motifs is 1. The molecule has 2 N–H and O–H groups in total. The monoisotopic (exact) mass is 669 g/mol. The maximum atomic E-state index is 13.5. The van der Waals surface area contributed by atoms with Gasteiger partial charge < -0.3 is 19.8 Å². The number of rotatable bonds is 15. The van der Waals surface area contributed by atoms with Crippen LogP contribution in [0.4, 0.5) is 5.69 Å². The first-order valence-electron chi connectivity index (χ1n) is 14.9. The Morgan fingerprint density at radius 3 is 2.67 bits per heavy atom. The molecule has 5 rings (SSSR count). The average molecular weight is 670 g/mol. The predicted molar refractivity (Wildman–Crippen MR) is 183 cm³/mol. The van der Waals surface area contributed by atoms with Crippen molar-refractivity contribution in [2.45, 2.75) is 22.4 Å². The molecule has 45 heavy (non-hydrogen) atoms. The third-order valence-corrected chi connectivity index (χ3v) is 10.8. The highest BCUT2D eigenvalue weighted by Crippen LogP contribution is 2.34. The lowest BCUT2D eigenvalue weighted by Crippen LogP contribution is -2.43. The number of carbonyl (C=O) groups is 1. The van der Waals surface area contributed by atoms with Gasteiger partial charge in [0.25, 0.3) is 15.9 Å². The van der Waals surface area contributed by atoms with Gasteiger partial charge in [0.1, 0.15) is 11.4 Å². The fraction of sp³-hybridized carbons (Fsp3) is 0.375. The van der Waals surface area contributed by atoms with E-state index < -0.39 is 10.0 Å². The van der Waals surface area contributed by atoms with E-state index in [0.717, 1.165) is 31.8 Å². The highest BCUT2D eigenvalue weighted by Gasteiger charge is 2.26. The second-order valence-corrected chi connectivity index (χ2v) is 14.3. The van der Waals surface area contributed by atoms with Gasteiger partial charge in [-0.25, -0.2) is 4.98 Å². The molecule has 1 unspecified atom stereocenters. The zero-order valence-electron chi connectivity index (χ0n) is 25.2. The molecule has 0 radical (unpaired) electrons. The average Bonchev–Trinajstić information content (AvgIpc) is 3.51. The Balaban J connectivity index is 1.37. The molecule has 1 atom stereocenters. The van der Waals surface area contributed by atoms with Crippen molar-refractivity contribution in [3.8, 4) is 5.75 Å². The molecule has 1 fully saturated rings. The number of H-pyrrole nitrogens is 1. The van der Waals surface area contributed by atoms with Crippen molar-refractivity contribution < 1.29 is 22.7 Å². The van der Waals surface area contributed by atoms with E-state index in [1.165, 1.54) is 29.2 Å². The second-order valence-electron chi connectivity index (χ2n) is 10.7. The van der Waals surface area contributed by atoms with E-state index >= 15 is 0 Å². The minimum Gasteiger partial charge on any atom is -0.493 e. The summed E-state index contributed by atoms with van der Waals surface area (Å²) < 4.78 is 39.6. The number of anilines is 1. The van der Waals surface area contributed by atoms with Gasteiger partial charge in [0.15, 0.2) is 5.03 Å². The van der Waals surface area contributed by atoms with Crippen molar-refractivity contribution in [1.29, 1.82) is 0 Å². The number of sulfonamides is 1. The number of aromatic nitrogens is 2. The van der Waals surface area contributed by atoms with Crippen LogP contribution in [-0.4, -0.2) is 93.2 Å². The largest absolute Gasteiger partial charge is 0.493 e. The number of nitrogens with zero attached hydrogens (tertiary/aromatic N) is 3. The van der Waals surface area contributed by atoms with Gasteiger partial charge in [-0.05, 0) is 42.0 Å². The van der Waals surface area contributed by atoms with Crippen LogP contribution in [0.25, 0.3) is 10.9 Å². The van der Waals surface area contributed by atoms with E-state index in [1.807, 2.05) is 36.0 Å². The van der Waals surface area contributed by atoms with Crippen molar-refractivity contribution in [1.82, 2.24) is 20.2 Å². The number of morpholine rings is 1. The molecule has 0 aliphatic carbocycles. The molecule has 1 saturated heterocycles. The molecule has 1 amide bonds. The van der Waals surface area contributed by atoms with Crippen LogP contribution >= 0.6 is 24.4 Å². The fourth-order valence-electron chi connectivity index (χ4n) is 5.01. The minimum absolute atomic E-state index is 0.0779. The number of thiol groups is 1. The third-order valence-electron chi connectivity index (χ3n) is 7.48.